The van der Waals surface area contributed by atoms with Crippen LogP contribution in [0.2, 0.25) is 0 Å². The largest absolute Gasteiger partial charge is 0.472 e. The lowest BCUT2D eigenvalue weighted by atomic mass is 10.0. The van der Waals surface area contributed by atoms with Gasteiger partial charge in [-0.1, -0.05) is 171 Å². The normalized spacial score (nSPS) is 15.2. The maximum atomic E-state index is 12.6. The summed E-state index contributed by atoms with van der Waals surface area (Å²) in [6, 6.07) is 0. The van der Waals surface area contributed by atoms with E-state index in [1.54, 1.807) is 12.2 Å². The smallest absolute Gasteiger partial charge is 0.462 e. The van der Waals surface area contributed by atoms with Crippen LogP contribution in [-0.4, -0.2) is 76.9 Å². The number of esters is 2. The van der Waals surface area contributed by atoms with E-state index in [1.165, 1.54) is 57.8 Å². The van der Waals surface area contributed by atoms with E-state index in [0.29, 0.717) is 6.42 Å². The molecule has 0 aliphatic carbocycles. The average molecular weight is 839 g/mol. The van der Waals surface area contributed by atoms with Crippen molar-refractivity contribution < 1.29 is 52.9 Å². The third kappa shape index (κ3) is 40.2. The molecule has 0 heterocycles. The van der Waals surface area contributed by atoms with Crippen molar-refractivity contribution in [2.75, 3.05) is 26.4 Å². The van der Waals surface area contributed by atoms with Crippen molar-refractivity contribution >= 4 is 19.8 Å². The van der Waals surface area contributed by atoms with Gasteiger partial charge in [-0.15, -0.1) is 0 Å². The number of unbranched alkanes of at least 4 members (excludes halogenated alkanes) is 11. The fourth-order valence-electron chi connectivity index (χ4n) is 5.52. The van der Waals surface area contributed by atoms with Crippen LogP contribution < -0.4 is 0 Å². The average Bonchev–Trinajstić information content (AvgIpc) is 3.19. The van der Waals surface area contributed by atoms with Crippen LogP contribution in [0.4, 0.5) is 0 Å². The fraction of sp³-hybridized carbons (Fsp3) is 0.696. The second-order valence-electron chi connectivity index (χ2n) is 15.0. The summed E-state index contributed by atoms with van der Waals surface area (Å²) in [7, 11) is -4.68. The minimum Gasteiger partial charge on any atom is -0.462 e. The van der Waals surface area contributed by atoms with E-state index < -0.39 is 64.5 Å². The maximum absolute atomic E-state index is 12.6. The number of phosphoric acid groups is 1. The third-order valence-electron chi connectivity index (χ3n) is 8.92. The summed E-state index contributed by atoms with van der Waals surface area (Å²) >= 11 is 0. The number of phosphoric ester groups is 1. The number of carbonyl (C=O) groups is 2. The van der Waals surface area contributed by atoms with Crippen LogP contribution in [0.1, 0.15) is 156 Å². The molecule has 12 heteroatoms. The summed E-state index contributed by atoms with van der Waals surface area (Å²) in [5.74, 6) is -0.417. The molecule has 0 aliphatic rings. The number of hydrogen-bond acceptors (Lipinski definition) is 10. The van der Waals surface area contributed by atoms with Crippen LogP contribution in [0.5, 0.6) is 0 Å². The van der Waals surface area contributed by atoms with Crippen LogP contribution in [-0.2, 0) is 32.7 Å². The molecular weight excluding hydrogens is 759 g/mol. The first-order chi connectivity index (χ1) is 28.0. The minimum atomic E-state index is -4.68. The lowest BCUT2D eigenvalue weighted by Gasteiger charge is -2.20. The van der Waals surface area contributed by atoms with Gasteiger partial charge in [-0.05, 0) is 50.9 Å². The Balaban J connectivity index is 4.53. The Labute approximate surface area is 351 Å². The first kappa shape index (κ1) is 55.4. The molecule has 0 radical (unpaired) electrons. The van der Waals surface area contributed by atoms with Gasteiger partial charge in [0.05, 0.1) is 25.9 Å². The number of allylic oxidation sites excluding steroid dienone is 11. The SMILES string of the molecule is CC/C=C\C/C=C\C/C=C\C/C=C\C/C=C\C=C/C(O)CCC(=O)OC[C@H](COP(=O)(O)OC[C@@H](O)CO)OC(=O)CCCCCCCCCCCCCCC(C)C. The van der Waals surface area contributed by atoms with Gasteiger partial charge in [-0.25, -0.2) is 4.57 Å². The molecule has 0 fully saturated rings. The van der Waals surface area contributed by atoms with Crippen LogP contribution >= 0.6 is 7.82 Å². The molecule has 0 rings (SSSR count). The topological polar surface area (TPSA) is 169 Å². The van der Waals surface area contributed by atoms with E-state index >= 15 is 0 Å². The first-order valence-electron chi connectivity index (χ1n) is 21.9. The van der Waals surface area contributed by atoms with Gasteiger partial charge < -0.3 is 29.7 Å². The van der Waals surface area contributed by atoms with Crippen molar-refractivity contribution in [3.8, 4) is 0 Å². The zero-order chi connectivity index (χ0) is 43.0. The number of hydrogen-bond donors (Lipinski definition) is 4. The van der Waals surface area contributed by atoms with Crippen molar-refractivity contribution in [2.24, 2.45) is 5.92 Å². The van der Waals surface area contributed by atoms with Gasteiger partial charge in [0.2, 0.25) is 0 Å². The van der Waals surface area contributed by atoms with E-state index in [9.17, 15) is 29.3 Å². The predicted molar refractivity (Wildman–Crippen MR) is 234 cm³/mol. The summed E-state index contributed by atoms with van der Waals surface area (Å²) < 4.78 is 32.5. The van der Waals surface area contributed by atoms with Crippen LogP contribution in [0, 0.1) is 5.92 Å². The van der Waals surface area contributed by atoms with E-state index in [4.69, 9.17) is 19.1 Å². The molecular formula is C46H79O11P. The number of ether oxygens (including phenoxy) is 2. The second kappa shape index (κ2) is 39.8. The lowest BCUT2D eigenvalue weighted by Crippen LogP contribution is -2.30. The van der Waals surface area contributed by atoms with Crippen molar-refractivity contribution in [1.82, 2.24) is 0 Å². The molecule has 58 heavy (non-hydrogen) atoms. The van der Waals surface area contributed by atoms with Gasteiger partial charge in [0.1, 0.15) is 12.7 Å². The van der Waals surface area contributed by atoms with Crippen molar-refractivity contribution in [3.63, 3.8) is 0 Å². The molecule has 2 unspecified atom stereocenters. The highest BCUT2D eigenvalue weighted by Gasteiger charge is 2.27. The van der Waals surface area contributed by atoms with E-state index in [-0.39, 0.29) is 19.3 Å². The molecule has 0 aliphatic heterocycles. The number of rotatable bonds is 39. The van der Waals surface area contributed by atoms with Gasteiger partial charge in [-0.3, -0.25) is 18.6 Å². The van der Waals surface area contributed by atoms with Crippen LogP contribution in [0.15, 0.2) is 72.9 Å². The maximum Gasteiger partial charge on any atom is 0.472 e. The van der Waals surface area contributed by atoms with E-state index in [2.05, 4.69) is 73.9 Å². The predicted octanol–water partition coefficient (Wildman–Crippen LogP) is 10.5. The van der Waals surface area contributed by atoms with E-state index in [0.717, 1.165) is 57.3 Å². The van der Waals surface area contributed by atoms with Crippen molar-refractivity contribution in [1.29, 1.82) is 0 Å². The molecule has 11 nitrogen and oxygen atoms in total. The molecule has 0 aromatic heterocycles. The highest BCUT2D eigenvalue weighted by Crippen LogP contribution is 2.43. The highest BCUT2D eigenvalue weighted by atomic mass is 31.2. The van der Waals surface area contributed by atoms with Gasteiger partial charge >= 0.3 is 19.8 Å². The second-order valence-corrected chi connectivity index (χ2v) is 16.5. The lowest BCUT2D eigenvalue weighted by molar-refractivity contribution is -0.161. The Hall–Kier alpha value is -2.63. The molecule has 0 amide bonds. The summed E-state index contributed by atoms with van der Waals surface area (Å²) in [6.45, 7) is 4.30. The molecule has 0 saturated heterocycles. The monoisotopic (exact) mass is 839 g/mol. The highest BCUT2D eigenvalue weighted by molar-refractivity contribution is 7.47. The van der Waals surface area contributed by atoms with Crippen LogP contribution in [0.25, 0.3) is 0 Å². The summed E-state index contributed by atoms with van der Waals surface area (Å²) in [4.78, 5) is 35.0. The fourth-order valence-corrected chi connectivity index (χ4v) is 6.31. The molecule has 0 saturated carbocycles. The number of aliphatic hydroxyl groups is 3. The molecule has 334 valence electrons. The molecule has 4 atom stereocenters. The summed E-state index contributed by atoms with van der Waals surface area (Å²) in [5, 5.41) is 28.6. The van der Waals surface area contributed by atoms with Crippen molar-refractivity contribution in [3.05, 3.63) is 72.9 Å². The summed E-state index contributed by atoms with van der Waals surface area (Å²) in [6.07, 6.45) is 40.6. The first-order valence-corrected chi connectivity index (χ1v) is 23.4. The minimum absolute atomic E-state index is 0.104. The zero-order valence-electron chi connectivity index (χ0n) is 36.0. The Morgan fingerprint density at radius 2 is 1.10 bits per heavy atom. The standard InChI is InChI=1S/C46H79O11P/c1-4-5-6-7-8-9-10-11-12-13-14-18-21-24-27-30-33-42(48)35-36-45(50)54-39-44(40-56-58(52,53)55-38-43(49)37-47)57-46(51)34-31-28-25-22-19-16-15-17-20-23-26-29-32-41(2)3/h5-6,8-9,11-12,14,18,24,27,30,33,41-44,47-49H,4,7,10,13,15-17,19-23,25-26,28-29,31-32,34-40H2,1-3H3,(H,52,53)/b6-5-,9-8-,12-11-,18-14-,27-24-,33-30-/t42?,43-,44+/m0/s1. The molecule has 0 aromatic carbocycles. The Morgan fingerprint density at radius 3 is 1.64 bits per heavy atom. The molecule has 4 N–H and O–H groups in total. The molecule has 0 aromatic rings. The van der Waals surface area contributed by atoms with Crippen LogP contribution in [0.3, 0.4) is 0 Å². The van der Waals surface area contributed by atoms with E-state index in [1.807, 2.05) is 12.2 Å². The van der Waals surface area contributed by atoms with Gasteiger partial charge in [0.25, 0.3) is 0 Å². The summed E-state index contributed by atoms with van der Waals surface area (Å²) in [5.41, 5.74) is 0. The van der Waals surface area contributed by atoms with Gasteiger partial charge in [0, 0.05) is 12.8 Å². The molecule has 0 spiro atoms. The molecule has 0 bridgehead atoms. The Bertz CT molecular complexity index is 1220. The number of aliphatic hydroxyl groups excluding tert-OH is 3. The quantitative estimate of drug-likeness (QED) is 0.0153. The number of carbonyl (C=O) groups excluding carboxylic acids is 2. The third-order valence-corrected chi connectivity index (χ3v) is 9.87. The van der Waals surface area contributed by atoms with Crippen molar-refractivity contribution in [2.45, 2.75) is 174 Å². The Kier molecular flexibility index (Phi) is 38.0. The zero-order valence-corrected chi connectivity index (χ0v) is 36.9. The van der Waals surface area contributed by atoms with Gasteiger partial charge in [-0.2, -0.15) is 0 Å². The van der Waals surface area contributed by atoms with Gasteiger partial charge in [0.15, 0.2) is 6.10 Å². The Morgan fingerprint density at radius 1 is 0.603 bits per heavy atom.